The van der Waals surface area contributed by atoms with Crippen molar-refractivity contribution in [3.63, 3.8) is 0 Å². The van der Waals surface area contributed by atoms with Gasteiger partial charge in [-0.25, -0.2) is 5.01 Å². The van der Waals surface area contributed by atoms with Crippen LogP contribution in [0.1, 0.15) is 43.4 Å². The molecule has 0 aromatic heterocycles. The van der Waals surface area contributed by atoms with Crippen molar-refractivity contribution in [3.05, 3.63) is 58.1 Å². The molecule has 1 atom stereocenters. The molecular weight excluding hydrogens is 468 g/mol. The fourth-order valence-electron chi connectivity index (χ4n) is 4.81. The Bertz CT molecular complexity index is 991. The number of fused-ring (bicyclic) bond motifs is 4. The minimum Gasteiger partial charge on any atom is -0.466 e. The Kier molecular flexibility index (Phi) is 5.38. The predicted molar refractivity (Wildman–Crippen MR) is 118 cm³/mol. The smallest absolute Gasteiger partial charge is 0.387 e. The van der Waals surface area contributed by atoms with Gasteiger partial charge in [0.2, 0.25) is 5.72 Å². The quantitative estimate of drug-likeness (QED) is 0.573. The van der Waals surface area contributed by atoms with Gasteiger partial charge in [-0.05, 0) is 54.6 Å². The summed E-state index contributed by atoms with van der Waals surface area (Å²) >= 11 is 3.59. The molecule has 5 rings (SSSR count). The number of piperidine rings is 1. The topological polar surface area (TPSA) is 37.3 Å². The molecule has 0 N–H and O–H groups in total. The van der Waals surface area contributed by atoms with E-state index in [1.807, 2.05) is 12.1 Å². The van der Waals surface area contributed by atoms with E-state index in [4.69, 9.17) is 9.84 Å². The second kappa shape index (κ2) is 8.06. The Morgan fingerprint density at radius 2 is 1.94 bits per heavy atom. The number of ether oxygens (including phenoxy) is 2. The number of hydrazone groups is 1. The summed E-state index contributed by atoms with van der Waals surface area (Å²) in [6, 6.07) is 13.0. The first kappa shape index (κ1) is 20.7. The summed E-state index contributed by atoms with van der Waals surface area (Å²) in [7, 11) is 0. The maximum absolute atomic E-state index is 12.5. The summed E-state index contributed by atoms with van der Waals surface area (Å²) in [6.07, 6.45) is 2.50. The van der Waals surface area contributed by atoms with Crippen LogP contribution in [0.4, 0.5) is 8.78 Å². The third-order valence-corrected chi connectivity index (χ3v) is 6.95. The molecule has 2 aromatic rings. The molecular formula is C23H24BrF2N3O2. The van der Waals surface area contributed by atoms with Gasteiger partial charge in [0.25, 0.3) is 0 Å². The third kappa shape index (κ3) is 3.80. The van der Waals surface area contributed by atoms with E-state index in [9.17, 15) is 8.78 Å². The van der Waals surface area contributed by atoms with Crippen molar-refractivity contribution in [1.29, 1.82) is 0 Å². The van der Waals surface area contributed by atoms with Gasteiger partial charge in [-0.2, -0.15) is 13.9 Å². The molecule has 2 aromatic carbocycles. The Morgan fingerprint density at radius 3 is 2.61 bits per heavy atom. The maximum Gasteiger partial charge on any atom is 0.387 e. The molecule has 0 radical (unpaired) electrons. The Hall–Kier alpha value is -2.19. The van der Waals surface area contributed by atoms with Gasteiger partial charge >= 0.3 is 6.61 Å². The lowest BCUT2D eigenvalue weighted by Crippen LogP contribution is -2.59. The van der Waals surface area contributed by atoms with Crippen molar-refractivity contribution in [2.45, 2.75) is 44.6 Å². The SMILES string of the molecule is CCN1CCC2(CC1)Oc1ccc(Br)cc1[C@H]1CC(c3ccc(OC(F)F)cc3)=NN12. The summed E-state index contributed by atoms with van der Waals surface area (Å²) in [5, 5.41) is 7.19. The highest BCUT2D eigenvalue weighted by molar-refractivity contribution is 9.10. The Labute approximate surface area is 188 Å². The van der Waals surface area contributed by atoms with E-state index in [-0.39, 0.29) is 11.8 Å². The van der Waals surface area contributed by atoms with Crippen LogP contribution in [0.5, 0.6) is 11.5 Å². The summed E-state index contributed by atoms with van der Waals surface area (Å²) in [5.41, 5.74) is 2.50. The van der Waals surface area contributed by atoms with Gasteiger partial charge in [-0.1, -0.05) is 22.9 Å². The van der Waals surface area contributed by atoms with Gasteiger partial charge in [-0.15, -0.1) is 0 Å². The zero-order valence-electron chi connectivity index (χ0n) is 17.2. The highest BCUT2D eigenvalue weighted by Crippen LogP contribution is 2.50. The summed E-state index contributed by atoms with van der Waals surface area (Å²) in [5.74, 6) is 1.07. The van der Waals surface area contributed by atoms with Gasteiger partial charge in [0.05, 0.1) is 11.8 Å². The average Bonchev–Trinajstić information content (AvgIpc) is 3.22. The van der Waals surface area contributed by atoms with Gasteiger partial charge in [0, 0.05) is 42.4 Å². The lowest BCUT2D eigenvalue weighted by Gasteiger charge is -2.51. The first-order valence-electron chi connectivity index (χ1n) is 10.6. The van der Waals surface area contributed by atoms with Gasteiger partial charge in [0.15, 0.2) is 0 Å². The van der Waals surface area contributed by atoms with Crippen molar-refractivity contribution >= 4 is 21.6 Å². The molecule has 0 aliphatic carbocycles. The zero-order valence-corrected chi connectivity index (χ0v) is 18.8. The standard InChI is InChI=1S/C23H24BrF2N3O2/c1-2-28-11-9-23(10-12-28)29-20(18-13-16(24)5-8-21(18)31-23)14-19(27-29)15-3-6-17(7-4-15)30-22(25)26/h3-8,13,20,22H,2,9-12,14H2,1H3/t20-/m1/s1. The van der Waals surface area contributed by atoms with Crippen LogP contribution in [0.25, 0.3) is 0 Å². The van der Waals surface area contributed by atoms with E-state index in [0.29, 0.717) is 0 Å². The van der Waals surface area contributed by atoms with Crippen LogP contribution in [0.2, 0.25) is 0 Å². The molecule has 8 heteroatoms. The van der Waals surface area contributed by atoms with Crippen molar-refractivity contribution in [2.75, 3.05) is 19.6 Å². The maximum atomic E-state index is 12.5. The van der Waals surface area contributed by atoms with Crippen LogP contribution >= 0.6 is 15.9 Å². The summed E-state index contributed by atoms with van der Waals surface area (Å²) in [4.78, 5) is 2.43. The highest BCUT2D eigenvalue weighted by atomic mass is 79.9. The molecule has 1 fully saturated rings. The van der Waals surface area contributed by atoms with Crippen LogP contribution < -0.4 is 9.47 Å². The first-order chi connectivity index (χ1) is 15.0. The predicted octanol–water partition coefficient (Wildman–Crippen LogP) is 5.41. The first-order valence-corrected chi connectivity index (χ1v) is 11.4. The summed E-state index contributed by atoms with van der Waals surface area (Å²) in [6.45, 7) is 2.32. The molecule has 3 heterocycles. The number of hydrogen-bond acceptors (Lipinski definition) is 5. The lowest BCUT2D eigenvalue weighted by molar-refractivity contribution is -0.149. The van der Waals surface area contributed by atoms with E-state index in [2.05, 4.69) is 43.6 Å². The lowest BCUT2D eigenvalue weighted by atomic mass is 9.90. The van der Waals surface area contributed by atoms with Crippen LogP contribution in [-0.2, 0) is 0 Å². The average molecular weight is 492 g/mol. The fourth-order valence-corrected chi connectivity index (χ4v) is 5.18. The molecule has 0 amide bonds. The summed E-state index contributed by atoms with van der Waals surface area (Å²) < 4.78 is 37.1. The molecule has 164 valence electrons. The van der Waals surface area contributed by atoms with E-state index in [1.165, 1.54) is 0 Å². The minimum atomic E-state index is -2.83. The molecule has 31 heavy (non-hydrogen) atoms. The van der Waals surface area contributed by atoms with Crippen LogP contribution in [0.15, 0.2) is 52.0 Å². The van der Waals surface area contributed by atoms with Crippen molar-refractivity contribution < 1.29 is 18.3 Å². The number of rotatable bonds is 4. The molecule has 3 aliphatic rings. The zero-order chi connectivity index (χ0) is 21.6. The number of likely N-dealkylation sites (tertiary alicyclic amines) is 1. The van der Waals surface area contributed by atoms with Crippen LogP contribution in [0, 0.1) is 0 Å². The number of halogens is 3. The minimum absolute atomic E-state index is 0.0846. The van der Waals surface area contributed by atoms with Gasteiger partial charge in [0.1, 0.15) is 11.5 Å². The number of hydrogen-bond donors (Lipinski definition) is 0. The van der Waals surface area contributed by atoms with Crippen molar-refractivity contribution in [2.24, 2.45) is 5.10 Å². The van der Waals surface area contributed by atoms with Crippen LogP contribution in [-0.4, -0.2) is 47.6 Å². The van der Waals surface area contributed by atoms with E-state index < -0.39 is 12.3 Å². The van der Waals surface area contributed by atoms with Crippen molar-refractivity contribution in [1.82, 2.24) is 9.91 Å². The Balaban J connectivity index is 1.49. The van der Waals surface area contributed by atoms with Gasteiger partial charge in [-0.3, -0.25) is 0 Å². The number of benzene rings is 2. The number of alkyl halides is 2. The highest BCUT2D eigenvalue weighted by Gasteiger charge is 2.51. The molecule has 0 saturated carbocycles. The normalized spacial score (nSPS) is 22.2. The molecule has 5 nitrogen and oxygen atoms in total. The Morgan fingerprint density at radius 1 is 1.19 bits per heavy atom. The second-order valence-electron chi connectivity index (χ2n) is 8.18. The molecule has 1 saturated heterocycles. The molecule has 0 bridgehead atoms. The van der Waals surface area contributed by atoms with E-state index in [1.54, 1.807) is 24.3 Å². The van der Waals surface area contributed by atoms with Crippen molar-refractivity contribution in [3.8, 4) is 11.5 Å². The monoisotopic (exact) mass is 491 g/mol. The van der Waals surface area contributed by atoms with Gasteiger partial charge < -0.3 is 14.4 Å². The third-order valence-electron chi connectivity index (χ3n) is 6.46. The van der Waals surface area contributed by atoms with E-state index >= 15 is 0 Å². The fraction of sp³-hybridized carbons (Fsp3) is 0.435. The molecule has 3 aliphatic heterocycles. The van der Waals surface area contributed by atoms with Crippen LogP contribution in [0.3, 0.4) is 0 Å². The largest absolute Gasteiger partial charge is 0.466 e. The molecule has 1 spiro atoms. The van der Waals surface area contributed by atoms with E-state index in [0.717, 1.165) is 66.0 Å². The second-order valence-corrected chi connectivity index (χ2v) is 9.09. The number of nitrogens with zero attached hydrogens (tertiary/aromatic N) is 3. The molecule has 0 unspecified atom stereocenters.